The Morgan fingerprint density at radius 2 is 1.91 bits per heavy atom. The van der Waals surface area contributed by atoms with Gasteiger partial charge in [-0.05, 0) is 33.6 Å². The zero-order chi connectivity index (χ0) is 17.1. The van der Waals surface area contributed by atoms with E-state index in [0.717, 1.165) is 0 Å². The molecule has 1 N–H and O–H groups in total. The van der Waals surface area contributed by atoms with Crippen molar-refractivity contribution in [1.29, 1.82) is 0 Å². The fourth-order valence-electron chi connectivity index (χ4n) is 2.89. The van der Waals surface area contributed by atoms with Crippen molar-refractivity contribution in [2.24, 2.45) is 5.92 Å². The van der Waals surface area contributed by atoms with Gasteiger partial charge in [-0.2, -0.15) is 0 Å². The van der Waals surface area contributed by atoms with E-state index >= 15 is 0 Å². The van der Waals surface area contributed by atoms with Crippen molar-refractivity contribution in [2.75, 3.05) is 7.11 Å². The summed E-state index contributed by atoms with van der Waals surface area (Å²) in [6.07, 6.45) is 0.269. The number of rotatable bonds is 3. The van der Waals surface area contributed by atoms with Gasteiger partial charge < -0.3 is 19.5 Å². The fourth-order valence-corrected chi connectivity index (χ4v) is 2.89. The molecule has 4 unspecified atom stereocenters. The number of aliphatic hydroxyl groups is 1. The van der Waals surface area contributed by atoms with Gasteiger partial charge in [-0.3, -0.25) is 4.79 Å². The molecule has 0 saturated carbocycles. The van der Waals surface area contributed by atoms with Crippen LogP contribution in [0.25, 0.3) is 0 Å². The van der Waals surface area contributed by atoms with Crippen LogP contribution in [0.5, 0.6) is 0 Å². The second-order valence-electron chi connectivity index (χ2n) is 6.96. The highest BCUT2D eigenvalue weighted by atomic mass is 16.6. The Morgan fingerprint density at radius 1 is 1.32 bits per heavy atom. The lowest BCUT2D eigenvalue weighted by atomic mass is 9.82. The Hall–Kier alpha value is -1.30. The predicted octanol–water partition coefficient (Wildman–Crippen LogP) is 2.33. The van der Waals surface area contributed by atoms with E-state index in [-0.39, 0.29) is 18.4 Å². The zero-order valence-corrected chi connectivity index (χ0v) is 14.5. The van der Waals surface area contributed by atoms with Gasteiger partial charge in [0.25, 0.3) is 0 Å². The number of nitrogens with zero attached hydrogens (tertiary/aromatic N) is 1. The van der Waals surface area contributed by atoms with Gasteiger partial charge >= 0.3 is 12.1 Å². The van der Waals surface area contributed by atoms with Gasteiger partial charge in [0.15, 0.2) is 0 Å². The maximum atomic E-state index is 12.6. The quantitative estimate of drug-likeness (QED) is 0.809. The Labute approximate surface area is 132 Å². The van der Waals surface area contributed by atoms with Crippen LogP contribution in [0.2, 0.25) is 0 Å². The first-order chi connectivity index (χ1) is 10.1. The van der Waals surface area contributed by atoms with E-state index in [1.54, 1.807) is 4.90 Å². The molecule has 0 aliphatic carbocycles. The summed E-state index contributed by atoms with van der Waals surface area (Å²) in [5.74, 6) is -0.608. The minimum absolute atomic E-state index is 0.0600. The van der Waals surface area contributed by atoms with E-state index in [1.165, 1.54) is 7.11 Å². The van der Waals surface area contributed by atoms with Crippen molar-refractivity contribution in [2.45, 2.75) is 77.7 Å². The van der Waals surface area contributed by atoms with Crippen molar-refractivity contribution in [1.82, 2.24) is 4.90 Å². The molecule has 1 heterocycles. The predicted molar refractivity (Wildman–Crippen MR) is 82.4 cm³/mol. The molecule has 6 heteroatoms. The molecule has 1 aliphatic rings. The summed E-state index contributed by atoms with van der Waals surface area (Å²) < 4.78 is 10.2. The van der Waals surface area contributed by atoms with Crippen LogP contribution in [0.4, 0.5) is 4.79 Å². The SMILES string of the molecule is CCC1CC(O)C(C)C(CC(=O)OC)N1C(=O)OC(C)(C)C. The maximum Gasteiger partial charge on any atom is 0.410 e. The highest BCUT2D eigenvalue weighted by Gasteiger charge is 2.44. The first-order valence-electron chi connectivity index (χ1n) is 7.86. The van der Waals surface area contributed by atoms with Crippen molar-refractivity contribution in [3.63, 3.8) is 0 Å². The van der Waals surface area contributed by atoms with E-state index in [9.17, 15) is 14.7 Å². The number of aliphatic hydroxyl groups excluding tert-OH is 1. The number of hydrogen-bond acceptors (Lipinski definition) is 5. The Morgan fingerprint density at radius 3 is 2.36 bits per heavy atom. The molecule has 1 fully saturated rings. The average Bonchev–Trinajstić information content (AvgIpc) is 2.41. The van der Waals surface area contributed by atoms with Crippen LogP contribution in [0, 0.1) is 5.92 Å². The summed E-state index contributed by atoms with van der Waals surface area (Å²) in [4.78, 5) is 25.9. The third-order valence-electron chi connectivity index (χ3n) is 4.16. The largest absolute Gasteiger partial charge is 0.469 e. The molecule has 128 valence electrons. The Balaban J connectivity index is 3.05. The van der Waals surface area contributed by atoms with Crippen molar-refractivity contribution in [3.05, 3.63) is 0 Å². The van der Waals surface area contributed by atoms with E-state index < -0.39 is 29.8 Å². The van der Waals surface area contributed by atoms with Gasteiger partial charge in [0.2, 0.25) is 0 Å². The highest BCUT2D eigenvalue weighted by Crippen LogP contribution is 2.33. The molecule has 1 saturated heterocycles. The molecule has 1 amide bonds. The molecule has 0 aromatic rings. The number of piperidine rings is 1. The minimum atomic E-state index is -0.607. The smallest absolute Gasteiger partial charge is 0.410 e. The lowest BCUT2D eigenvalue weighted by Crippen LogP contribution is -2.59. The highest BCUT2D eigenvalue weighted by molar-refractivity contribution is 5.73. The number of esters is 1. The lowest BCUT2D eigenvalue weighted by molar-refractivity contribution is -0.144. The van der Waals surface area contributed by atoms with Crippen LogP contribution >= 0.6 is 0 Å². The minimum Gasteiger partial charge on any atom is -0.469 e. The fraction of sp³-hybridized carbons (Fsp3) is 0.875. The van der Waals surface area contributed by atoms with Crippen molar-refractivity contribution in [3.8, 4) is 0 Å². The summed E-state index contributed by atoms with van der Waals surface area (Å²) in [5.41, 5.74) is -0.607. The number of amides is 1. The topological polar surface area (TPSA) is 76.1 Å². The van der Waals surface area contributed by atoms with Gasteiger partial charge in [0.1, 0.15) is 5.60 Å². The summed E-state index contributed by atoms with van der Waals surface area (Å²) in [6, 6.07) is -0.563. The first-order valence-corrected chi connectivity index (χ1v) is 7.86. The number of hydrogen-bond donors (Lipinski definition) is 1. The Bertz CT molecular complexity index is 404. The van der Waals surface area contributed by atoms with Crippen LogP contribution in [0.3, 0.4) is 0 Å². The molecular weight excluding hydrogens is 286 g/mol. The lowest BCUT2D eigenvalue weighted by Gasteiger charge is -2.47. The number of likely N-dealkylation sites (tertiary alicyclic amines) is 1. The normalized spacial score (nSPS) is 29.1. The van der Waals surface area contributed by atoms with E-state index in [0.29, 0.717) is 12.8 Å². The van der Waals surface area contributed by atoms with Crippen LogP contribution in [-0.4, -0.2) is 53.0 Å². The molecule has 0 spiro atoms. The van der Waals surface area contributed by atoms with Crippen molar-refractivity contribution < 1.29 is 24.2 Å². The van der Waals surface area contributed by atoms with Crippen LogP contribution < -0.4 is 0 Å². The first kappa shape index (κ1) is 18.7. The number of carbonyl (C=O) groups excluding carboxylic acids is 2. The van der Waals surface area contributed by atoms with Crippen LogP contribution in [0.15, 0.2) is 0 Å². The average molecular weight is 315 g/mol. The molecule has 1 aliphatic heterocycles. The molecule has 0 aromatic heterocycles. The molecule has 0 radical (unpaired) electrons. The molecule has 0 aromatic carbocycles. The molecule has 0 bridgehead atoms. The third-order valence-corrected chi connectivity index (χ3v) is 4.16. The molecule has 4 atom stereocenters. The van der Waals surface area contributed by atoms with E-state index in [1.807, 2.05) is 34.6 Å². The third kappa shape index (κ3) is 4.60. The van der Waals surface area contributed by atoms with Gasteiger partial charge in [0, 0.05) is 12.0 Å². The van der Waals surface area contributed by atoms with Crippen molar-refractivity contribution >= 4 is 12.1 Å². The maximum absolute atomic E-state index is 12.6. The standard InChI is InChI=1S/C16H29NO5/c1-7-11-8-13(18)10(2)12(9-14(19)21-6)17(11)15(20)22-16(3,4)5/h10-13,18H,7-9H2,1-6H3. The Kier molecular flexibility index (Phi) is 6.23. The molecular formula is C16H29NO5. The number of carbonyl (C=O) groups is 2. The van der Waals surface area contributed by atoms with Crippen LogP contribution in [0.1, 0.15) is 53.9 Å². The van der Waals surface area contributed by atoms with E-state index in [2.05, 4.69) is 0 Å². The summed E-state index contributed by atoms with van der Waals surface area (Å²) in [5, 5.41) is 10.2. The summed E-state index contributed by atoms with van der Waals surface area (Å²) in [7, 11) is 1.32. The second kappa shape index (κ2) is 7.31. The molecule has 22 heavy (non-hydrogen) atoms. The van der Waals surface area contributed by atoms with Gasteiger partial charge in [-0.15, -0.1) is 0 Å². The second-order valence-corrected chi connectivity index (χ2v) is 6.96. The van der Waals surface area contributed by atoms with Gasteiger partial charge in [-0.25, -0.2) is 4.79 Å². The number of methoxy groups -OCH3 is 1. The van der Waals surface area contributed by atoms with Crippen LogP contribution in [-0.2, 0) is 14.3 Å². The van der Waals surface area contributed by atoms with Gasteiger partial charge in [-0.1, -0.05) is 13.8 Å². The molecule has 6 nitrogen and oxygen atoms in total. The van der Waals surface area contributed by atoms with Gasteiger partial charge in [0.05, 0.1) is 25.7 Å². The zero-order valence-electron chi connectivity index (χ0n) is 14.5. The van der Waals surface area contributed by atoms with E-state index in [4.69, 9.17) is 9.47 Å². The molecule has 1 rings (SSSR count). The summed E-state index contributed by atoms with van der Waals surface area (Å²) >= 11 is 0. The summed E-state index contributed by atoms with van der Waals surface area (Å²) in [6.45, 7) is 9.23. The monoisotopic (exact) mass is 315 g/mol. The number of ether oxygens (including phenoxy) is 2.